The van der Waals surface area contributed by atoms with Gasteiger partial charge < -0.3 is 4.90 Å². The van der Waals surface area contributed by atoms with Gasteiger partial charge in [-0.1, -0.05) is 103 Å². The van der Waals surface area contributed by atoms with Gasteiger partial charge in [-0.2, -0.15) is 0 Å². The van der Waals surface area contributed by atoms with Gasteiger partial charge >= 0.3 is 0 Å². The molecule has 0 aliphatic rings. The second-order valence-corrected chi connectivity index (χ2v) is 13.6. The summed E-state index contributed by atoms with van der Waals surface area (Å²) >= 11 is 0. The fourth-order valence-electron chi connectivity index (χ4n) is 3.15. The predicted molar refractivity (Wildman–Crippen MR) is 133 cm³/mol. The zero-order chi connectivity index (χ0) is 21.6. The molecule has 0 aliphatic carbocycles. The van der Waals surface area contributed by atoms with Crippen LogP contribution in [-0.4, -0.2) is 27.1 Å². The largest absolute Gasteiger partial charge is 0.371 e. The Labute approximate surface area is 182 Å². The quantitative estimate of drug-likeness (QED) is 0.298. The minimum atomic E-state index is -1.37. The highest BCUT2D eigenvalue weighted by Crippen LogP contribution is 2.17. The van der Waals surface area contributed by atoms with Crippen LogP contribution in [0.1, 0.15) is 22.3 Å². The molecule has 0 radical (unpaired) electrons. The maximum absolute atomic E-state index is 3.53. The maximum Gasteiger partial charge on any atom is 0.0868 e. The van der Waals surface area contributed by atoms with Crippen molar-refractivity contribution in [3.8, 4) is 11.8 Å². The Morgan fingerprint density at radius 1 is 0.800 bits per heavy atom. The Morgan fingerprint density at radius 2 is 1.50 bits per heavy atom. The van der Waals surface area contributed by atoms with Crippen molar-refractivity contribution in [2.75, 3.05) is 14.1 Å². The highest BCUT2D eigenvalue weighted by atomic mass is 28.3. The van der Waals surface area contributed by atoms with Crippen molar-refractivity contribution in [2.24, 2.45) is 0 Å². The van der Waals surface area contributed by atoms with Crippen LogP contribution in [0.25, 0.3) is 11.8 Å². The fraction of sp³-hybridized carbons (Fsp3) is 0.179. The number of hydrogen-bond acceptors (Lipinski definition) is 1. The first-order valence-electron chi connectivity index (χ1n) is 10.3. The van der Waals surface area contributed by atoms with Crippen LogP contribution in [0.3, 0.4) is 0 Å². The van der Waals surface area contributed by atoms with Gasteiger partial charge in [-0.3, -0.25) is 0 Å². The molecule has 0 unspecified atom stereocenters. The van der Waals surface area contributed by atoms with E-state index in [0.29, 0.717) is 0 Å². The highest BCUT2D eigenvalue weighted by molar-refractivity contribution is 6.88. The van der Waals surface area contributed by atoms with Crippen LogP contribution in [0.15, 0.2) is 84.6 Å². The van der Waals surface area contributed by atoms with Crippen LogP contribution in [-0.2, 0) is 0 Å². The molecular formula is C28H29NSi. The zero-order valence-corrected chi connectivity index (χ0v) is 19.5. The van der Waals surface area contributed by atoms with E-state index in [1.54, 1.807) is 0 Å². The van der Waals surface area contributed by atoms with Gasteiger partial charge in [0.1, 0.15) is 0 Å². The Balaban J connectivity index is 2.03. The Morgan fingerprint density at radius 3 is 2.20 bits per heavy atom. The van der Waals surface area contributed by atoms with E-state index in [4.69, 9.17) is 0 Å². The van der Waals surface area contributed by atoms with Crippen molar-refractivity contribution >= 4 is 25.0 Å². The topological polar surface area (TPSA) is 3.24 Å². The third-order valence-electron chi connectivity index (χ3n) is 4.89. The molecule has 0 heterocycles. The van der Waals surface area contributed by atoms with E-state index < -0.39 is 8.07 Å². The molecule has 0 saturated carbocycles. The number of nitrogens with zero attached hydrogens (tertiary/aromatic N) is 1. The van der Waals surface area contributed by atoms with E-state index in [9.17, 15) is 0 Å². The average molecular weight is 408 g/mol. The van der Waals surface area contributed by atoms with Gasteiger partial charge in [0.05, 0.1) is 13.8 Å². The van der Waals surface area contributed by atoms with Crippen molar-refractivity contribution in [3.05, 3.63) is 107 Å². The van der Waals surface area contributed by atoms with Gasteiger partial charge in [-0.25, -0.2) is 0 Å². The molecule has 0 spiro atoms. The minimum Gasteiger partial charge on any atom is -0.371 e. The molecule has 3 rings (SSSR count). The van der Waals surface area contributed by atoms with Crippen molar-refractivity contribution < 1.29 is 0 Å². The summed E-state index contributed by atoms with van der Waals surface area (Å²) < 4.78 is 0. The first-order chi connectivity index (χ1) is 14.3. The van der Waals surface area contributed by atoms with Crippen LogP contribution in [0, 0.1) is 11.8 Å². The summed E-state index contributed by atoms with van der Waals surface area (Å²) in [7, 11) is 2.76. The second-order valence-electron chi connectivity index (χ2n) is 8.57. The lowest BCUT2D eigenvalue weighted by molar-refractivity contribution is 0.593. The molecule has 3 aromatic carbocycles. The predicted octanol–water partition coefficient (Wildman–Crippen LogP) is 5.85. The van der Waals surface area contributed by atoms with Gasteiger partial charge in [0.25, 0.3) is 0 Å². The normalized spacial score (nSPS) is 10.4. The molecule has 0 aliphatic heterocycles. The van der Waals surface area contributed by atoms with Crippen LogP contribution >= 0.6 is 0 Å². The van der Waals surface area contributed by atoms with E-state index in [1.807, 2.05) is 48.5 Å². The summed E-state index contributed by atoms with van der Waals surface area (Å²) in [6.07, 6.45) is 2.05. The van der Waals surface area contributed by atoms with Crippen LogP contribution in [0.5, 0.6) is 0 Å². The first-order valence-corrected chi connectivity index (χ1v) is 13.8. The van der Waals surface area contributed by atoms with Crippen molar-refractivity contribution in [3.63, 3.8) is 0 Å². The summed E-state index contributed by atoms with van der Waals surface area (Å²) in [5, 5.41) is 1.45. The first kappa shape index (κ1) is 21.5. The molecule has 150 valence electrons. The molecule has 0 fully saturated rings. The molecule has 0 N–H and O–H groups in total. The number of rotatable bonds is 4. The van der Waals surface area contributed by atoms with Crippen molar-refractivity contribution in [1.82, 2.24) is 4.90 Å². The molecule has 0 aromatic heterocycles. The van der Waals surface area contributed by atoms with E-state index >= 15 is 0 Å². The van der Waals surface area contributed by atoms with E-state index in [0.717, 1.165) is 22.4 Å². The van der Waals surface area contributed by atoms with Gasteiger partial charge in [-0.15, -0.1) is 0 Å². The minimum absolute atomic E-state index is 1.00. The van der Waals surface area contributed by atoms with Crippen LogP contribution in [0.4, 0.5) is 0 Å². The SMILES string of the molecule is CN(C)C(=C=Cc1ccccc1C#Cc1ccccc1)c1cccc([Si](C)(C)C)c1. The third-order valence-corrected chi connectivity index (χ3v) is 6.93. The zero-order valence-electron chi connectivity index (χ0n) is 18.5. The fourth-order valence-corrected chi connectivity index (χ4v) is 4.33. The lowest BCUT2D eigenvalue weighted by atomic mass is 10.1. The van der Waals surface area contributed by atoms with E-state index in [1.165, 1.54) is 10.8 Å². The van der Waals surface area contributed by atoms with Crippen LogP contribution < -0.4 is 5.19 Å². The van der Waals surface area contributed by atoms with Crippen molar-refractivity contribution in [1.29, 1.82) is 0 Å². The number of hydrogen-bond donors (Lipinski definition) is 0. The second kappa shape index (κ2) is 9.50. The van der Waals surface area contributed by atoms with Gasteiger partial charge in [0.2, 0.25) is 0 Å². The lowest BCUT2D eigenvalue weighted by Gasteiger charge is -2.20. The molecule has 0 saturated heterocycles. The third kappa shape index (κ3) is 5.64. The molecule has 0 amide bonds. The Kier molecular flexibility index (Phi) is 6.80. The summed E-state index contributed by atoms with van der Waals surface area (Å²) in [6, 6.07) is 27.2. The molecule has 3 aromatic rings. The van der Waals surface area contributed by atoms with E-state index in [2.05, 4.69) is 92.6 Å². The van der Waals surface area contributed by atoms with Gasteiger partial charge in [-0.05, 0) is 29.8 Å². The average Bonchev–Trinajstić information content (AvgIpc) is 2.73. The summed E-state index contributed by atoms with van der Waals surface area (Å²) in [6.45, 7) is 7.13. The summed E-state index contributed by atoms with van der Waals surface area (Å²) in [4.78, 5) is 2.12. The highest BCUT2D eigenvalue weighted by Gasteiger charge is 2.17. The van der Waals surface area contributed by atoms with Gasteiger partial charge in [0.15, 0.2) is 0 Å². The van der Waals surface area contributed by atoms with Crippen LogP contribution in [0.2, 0.25) is 19.6 Å². The molecule has 30 heavy (non-hydrogen) atoms. The maximum atomic E-state index is 3.53. The standard InChI is InChI=1S/C28H29NSi/c1-29(2)28(26-16-11-17-27(22-26)30(3,4)5)21-20-25-15-10-9-14-24(25)19-18-23-12-7-6-8-13-23/h6-17,20,22H,1-5H3. The Hall–Kier alpha value is -3.24. The van der Waals surface area contributed by atoms with Gasteiger partial charge in [0, 0.05) is 30.8 Å². The molecule has 0 bridgehead atoms. The molecule has 2 heteroatoms. The Bertz CT molecular complexity index is 1130. The monoisotopic (exact) mass is 407 g/mol. The van der Waals surface area contributed by atoms with E-state index in [-0.39, 0.29) is 0 Å². The van der Waals surface area contributed by atoms with Crippen molar-refractivity contribution in [2.45, 2.75) is 19.6 Å². The molecule has 0 atom stereocenters. The molecule has 1 nitrogen and oxygen atoms in total. The molecular weight excluding hydrogens is 378 g/mol. The number of benzene rings is 3. The summed E-state index contributed by atoms with van der Waals surface area (Å²) in [5.74, 6) is 6.57. The smallest absolute Gasteiger partial charge is 0.0868 e. The lowest BCUT2D eigenvalue weighted by Crippen LogP contribution is -2.37. The summed E-state index contributed by atoms with van der Waals surface area (Å²) in [5.41, 5.74) is 8.89.